The molecular weight excluding hydrogens is 150 g/mol. The number of allylic oxidation sites excluding steroid dienone is 1. The maximum Gasteiger partial charge on any atom is 0.179 e. The van der Waals surface area contributed by atoms with Gasteiger partial charge in [-0.1, -0.05) is 6.92 Å². The van der Waals surface area contributed by atoms with Gasteiger partial charge in [-0.15, -0.1) is 0 Å². The van der Waals surface area contributed by atoms with Crippen molar-refractivity contribution in [1.82, 2.24) is 5.32 Å². The molecule has 2 heteroatoms. The van der Waals surface area contributed by atoms with Crippen molar-refractivity contribution >= 4 is 0 Å². The maximum absolute atomic E-state index is 5.67. The second kappa shape index (κ2) is 2.68. The van der Waals surface area contributed by atoms with Crippen molar-refractivity contribution in [2.24, 2.45) is 5.92 Å². The van der Waals surface area contributed by atoms with E-state index in [1.54, 1.807) is 0 Å². The molecule has 0 aromatic heterocycles. The van der Waals surface area contributed by atoms with Crippen LogP contribution in [0, 0.1) is 5.92 Å². The van der Waals surface area contributed by atoms with Crippen LogP contribution in [-0.2, 0) is 4.74 Å². The second-order valence-electron chi connectivity index (χ2n) is 4.22. The van der Waals surface area contributed by atoms with Crippen molar-refractivity contribution in [2.45, 2.75) is 45.3 Å². The van der Waals surface area contributed by atoms with Crippen LogP contribution in [0.2, 0.25) is 0 Å². The molecule has 1 heterocycles. The lowest BCUT2D eigenvalue weighted by atomic mass is 9.85. The lowest BCUT2D eigenvalue weighted by molar-refractivity contribution is -0.0200. The molecule has 2 nitrogen and oxygen atoms in total. The van der Waals surface area contributed by atoms with Crippen LogP contribution in [0.25, 0.3) is 0 Å². The molecule has 0 saturated heterocycles. The van der Waals surface area contributed by atoms with Crippen LogP contribution in [0.5, 0.6) is 0 Å². The van der Waals surface area contributed by atoms with Crippen LogP contribution >= 0.6 is 0 Å². The Balaban J connectivity index is 1.97. The molecule has 1 spiro atoms. The molecule has 1 fully saturated rings. The van der Waals surface area contributed by atoms with Gasteiger partial charge >= 0.3 is 0 Å². The van der Waals surface area contributed by atoms with Gasteiger partial charge in [-0.2, -0.15) is 0 Å². The molecule has 2 rings (SSSR count). The van der Waals surface area contributed by atoms with Crippen molar-refractivity contribution in [3.8, 4) is 0 Å². The molecule has 0 radical (unpaired) electrons. The van der Waals surface area contributed by atoms with Gasteiger partial charge in [-0.3, -0.25) is 0 Å². The largest absolute Gasteiger partial charge is 0.474 e. The molecule has 1 saturated carbocycles. The average molecular weight is 167 g/mol. The summed E-state index contributed by atoms with van der Waals surface area (Å²) in [5, 5.41) is 3.43. The summed E-state index contributed by atoms with van der Waals surface area (Å²) in [5.41, 5.74) is 1.15. The van der Waals surface area contributed by atoms with E-state index in [9.17, 15) is 0 Å². The third kappa shape index (κ3) is 1.30. The minimum Gasteiger partial charge on any atom is -0.474 e. The van der Waals surface area contributed by atoms with Crippen molar-refractivity contribution in [2.75, 3.05) is 0 Å². The number of ether oxygens (including phenoxy) is 1. The van der Waals surface area contributed by atoms with Crippen LogP contribution in [0.15, 0.2) is 12.0 Å². The molecule has 0 aromatic rings. The van der Waals surface area contributed by atoms with E-state index in [0.717, 1.165) is 18.8 Å². The number of hydrogen-bond donors (Lipinski definition) is 1. The van der Waals surface area contributed by atoms with Gasteiger partial charge in [0.05, 0.1) is 0 Å². The van der Waals surface area contributed by atoms with Crippen molar-refractivity contribution in [1.29, 1.82) is 0 Å². The van der Waals surface area contributed by atoms with Crippen LogP contribution < -0.4 is 5.32 Å². The molecule has 1 N–H and O–H groups in total. The zero-order valence-corrected chi connectivity index (χ0v) is 7.89. The highest BCUT2D eigenvalue weighted by Crippen LogP contribution is 2.35. The fourth-order valence-electron chi connectivity index (χ4n) is 2.09. The lowest BCUT2D eigenvalue weighted by Crippen LogP contribution is -2.44. The highest BCUT2D eigenvalue weighted by molar-refractivity contribution is 5.04. The Kier molecular flexibility index (Phi) is 1.78. The van der Waals surface area contributed by atoms with E-state index in [0.29, 0.717) is 0 Å². The number of hydrogen-bond acceptors (Lipinski definition) is 2. The average Bonchev–Trinajstić information content (AvgIpc) is 2.40. The Labute approximate surface area is 74.0 Å². The molecule has 0 bridgehead atoms. The Morgan fingerprint density at radius 3 is 2.67 bits per heavy atom. The SMILES string of the molecule is CC1=COC2(CCC(C)CC2)N1. The lowest BCUT2D eigenvalue weighted by Gasteiger charge is -2.35. The van der Waals surface area contributed by atoms with E-state index >= 15 is 0 Å². The molecular formula is C10H17NO. The van der Waals surface area contributed by atoms with Gasteiger partial charge in [0.15, 0.2) is 5.72 Å². The molecule has 0 amide bonds. The number of rotatable bonds is 0. The zero-order chi connectivity index (χ0) is 8.60. The molecule has 1 aliphatic carbocycles. The Hall–Kier alpha value is -0.660. The summed E-state index contributed by atoms with van der Waals surface area (Å²) in [6.07, 6.45) is 6.74. The first-order valence-electron chi connectivity index (χ1n) is 4.83. The molecule has 1 aliphatic heterocycles. The monoisotopic (exact) mass is 167 g/mol. The summed E-state index contributed by atoms with van der Waals surface area (Å²) in [7, 11) is 0. The zero-order valence-electron chi connectivity index (χ0n) is 7.89. The van der Waals surface area contributed by atoms with Gasteiger partial charge in [0, 0.05) is 18.5 Å². The second-order valence-corrected chi connectivity index (χ2v) is 4.22. The van der Waals surface area contributed by atoms with Crippen LogP contribution in [0.4, 0.5) is 0 Å². The summed E-state index contributed by atoms with van der Waals surface area (Å²) in [5.74, 6) is 0.877. The summed E-state index contributed by atoms with van der Waals surface area (Å²) in [4.78, 5) is 0. The van der Waals surface area contributed by atoms with Gasteiger partial charge in [-0.05, 0) is 25.7 Å². The molecule has 12 heavy (non-hydrogen) atoms. The van der Waals surface area contributed by atoms with Crippen LogP contribution in [0.3, 0.4) is 0 Å². The van der Waals surface area contributed by atoms with E-state index in [2.05, 4.69) is 19.2 Å². The Morgan fingerprint density at radius 2 is 2.17 bits per heavy atom. The maximum atomic E-state index is 5.67. The Morgan fingerprint density at radius 1 is 1.50 bits per heavy atom. The van der Waals surface area contributed by atoms with E-state index in [1.807, 2.05) is 6.26 Å². The van der Waals surface area contributed by atoms with E-state index in [1.165, 1.54) is 18.5 Å². The minimum absolute atomic E-state index is 0.0173. The van der Waals surface area contributed by atoms with Crippen molar-refractivity contribution in [3.05, 3.63) is 12.0 Å². The highest BCUT2D eigenvalue weighted by Gasteiger charge is 2.37. The first kappa shape index (κ1) is 7.96. The van der Waals surface area contributed by atoms with Crippen LogP contribution in [-0.4, -0.2) is 5.72 Å². The predicted octanol–water partition coefficient (Wildman–Crippen LogP) is 2.37. The Bertz CT molecular complexity index is 202. The summed E-state index contributed by atoms with van der Waals surface area (Å²) < 4.78 is 5.67. The molecule has 68 valence electrons. The van der Waals surface area contributed by atoms with Gasteiger partial charge in [0.2, 0.25) is 0 Å². The van der Waals surface area contributed by atoms with Gasteiger partial charge in [-0.25, -0.2) is 0 Å². The third-order valence-corrected chi connectivity index (χ3v) is 2.97. The van der Waals surface area contributed by atoms with Gasteiger partial charge < -0.3 is 10.1 Å². The predicted molar refractivity (Wildman–Crippen MR) is 48.3 cm³/mol. The van der Waals surface area contributed by atoms with E-state index in [4.69, 9.17) is 4.74 Å². The first-order chi connectivity index (χ1) is 5.70. The van der Waals surface area contributed by atoms with Gasteiger partial charge in [0.1, 0.15) is 6.26 Å². The highest BCUT2D eigenvalue weighted by atomic mass is 16.5. The fraction of sp³-hybridized carbons (Fsp3) is 0.800. The molecule has 0 unspecified atom stereocenters. The van der Waals surface area contributed by atoms with E-state index < -0.39 is 0 Å². The third-order valence-electron chi connectivity index (χ3n) is 2.97. The minimum atomic E-state index is -0.0173. The first-order valence-corrected chi connectivity index (χ1v) is 4.83. The summed E-state index contributed by atoms with van der Waals surface area (Å²) in [6, 6.07) is 0. The van der Waals surface area contributed by atoms with Crippen molar-refractivity contribution < 1.29 is 4.74 Å². The van der Waals surface area contributed by atoms with E-state index in [-0.39, 0.29) is 5.72 Å². The van der Waals surface area contributed by atoms with Crippen LogP contribution in [0.1, 0.15) is 39.5 Å². The molecule has 0 aromatic carbocycles. The molecule has 0 atom stereocenters. The quantitative estimate of drug-likeness (QED) is 0.598. The summed E-state index contributed by atoms with van der Waals surface area (Å²) in [6.45, 7) is 4.38. The fourth-order valence-corrected chi connectivity index (χ4v) is 2.09. The smallest absolute Gasteiger partial charge is 0.179 e. The molecule has 2 aliphatic rings. The standard InChI is InChI=1S/C10H17NO/c1-8-3-5-10(6-4-8)11-9(2)7-12-10/h7-8,11H,3-6H2,1-2H3. The number of nitrogens with one attached hydrogen (secondary N) is 1. The summed E-state index contributed by atoms with van der Waals surface area (Å²) >= 11 is 0. The topological polar surface area (TPSA) is 21.3 Å². The van der Waals surface area contributed by atoms with Crippen molar-refractivity contribution in [3.63, 3.8) is 0 Å². The normalized spacial score (nSPS) is 40.5. The van der Waals surface area contributed by atoms with Gasteiger partial charge in [0.25, 0.3) is 0 Å².